The molecule has 170 valence electrons. The maximum atomic E-state index is 12.9. The molecular weight excluding hydrogens is 450 g/mol. The van der Waals surface area contributed by atoms with Crippen molar-refractivity contribution in [3.05, 3.63) is 74.9 Å². The average molecular weight is 470 g/mol. The van der Waals surface area contributed by atoms with Gasteiger partial charge in [0, 0.05) is 23.9 Å². The molecule has 0 unspecified atom stereocenters. The molecule has 33 heavy (non-hydrogen) atoms. The third kappa shape index (κ3) is 4.73. The zero-order valence-corrected chi connectivity index (χ0v) is 18.2. The summed E-state index contributed by atoms with van der Waals surface area (Å²) in [5, 5.41) is 13.5. The SMILES string of the molecule is O=C(Oc1ccc([N+](=O)[O-])cc1)c1ccc(NC2=C(Cl)C(=O)N(C3CCCCC3)C2=O)cc1. The molecule has 2 aromatic rings. The lowest BCUT2D eigenvalue weighted by Gasteiger charge is -2.29. The standard InChI is InChI=1S/C23H20ClN3O6/c24-19-20(22(29)26(21(19)28)16-4-2-1-3-5-16)25-15-8-6-14(7-9-15)23(30)33-18-12-10-17(11-13-18)27(31)32/h6-13,16,25H,1-5H2. The molecule has 10 heteroatoms. The van der Waals surface area contributed by atoms with E-state index in [9.17, 15) is 24.5 Å². The van der Waals surface area contributed by atoms with Gasteiger partial charge in [0.25, 0.3) is 17.5 Å². The Balaban J connectivity index is 1.41. The number of hydrogen-bond donors (Lipinski definition) is 1. The van der Waals surface area contributed by atoms with Gasteiger partial charge in [-0.05, 0) is 49.2 Å². The first-order valence-electron chi connectivity index (χ1n) is 10.5. The second-order valence-electron chi connectivity index (χ2n) is 7.80. The number of ether oxygens (including phenoxy) is 1. The smallest absolute Gasteiger partial charge is 0.343 e. The van der Waals surface area contributed by atoms with E-state index in [-0.39, 0.29) is 33.8 Å². The highest BCUT2D eigenvalue weighted by Gasteiger charge is 2.42. The number of esters is 1. The Morgan fingerprint density at radius 2 is 1.64 bits per heavy atom. The predicted molar refractivity (Wildman–Crippen MR) is 120 cm³/mol. The quantitative estimate of drug-likeness (QED) is 0.219. The first-order chi connectivity index (χ1) is 15.8. The van der Waals surface area contributed by atoms with E-state index >= 15 is 0 Å². The summed E-state index contributed by atoms with van der Waals surface area (Å²) >= 11 is 6.18. The van der Waals surface area contributed by atoms with E-state index in [0.717, 1.165) is 32.1 Å². The zero-order chi connectivity index (χ0) is 23.5. The summed E-state index contributed by atoms with van der Waals surface area (Å²) in [5.41, 5.74) is 0.618. The van der Waals surface area contributed by atoms with Crippen molar-refractivity contribution >= 4 is 40.8 Å². The minimum atomic E-state index is -0.650. The van der Waals surface area contributed by atoms with Crippen molar-refractivity contribution in [2.45, 2.75) is 38.1 Å². The van der Waals surface area contributed by atoms with Gasteiger partial charge in [-0.25, -0.2) is 4.79 Å². The number of anilines is 1. The second kappa shape index (κ2) is 9.41. The lowest BCUT2D eigenvalue weighted by Crippen LogP contribution is -2.42. The highest BCUT2D eigenvalue weighted by atomic mass is 35.5. The molecule has 1 N–H and O–H groups in total. The number of non-ortho nitro benzene ring substituents is 1. The summed E-state index contributed by atoms with van der Waals surface area (Å²) in [7, 11) is 0. The summed E-state index contributed by atoms with van der Waals surface area (Å²) in [6.07, 6.45) is 4.60. The monoisotopic (exact) mass is 469 g/mol. The molecule has 1 aliphatic carbocycles. The maximum Gasteiger partial charge on any atom is 0.343 e. The van der Waals surface area contributed by atoms with Crippen molar-refractivity contribution in [3.63, 3.8) is 0 Å². The largest absolute Gasteiger partial charge is 0.423 e. The highest BCUT2D eigenvalue weighted by Crippen LogP contribution is 2.32. The number of nitro benzene ring substituents is 1. The van der Waals surface area contributed by atoms with Gasteiger partial charge in [-0.1, -0.05) is 30.9 Å². The highest BCUT2D eigenvalue weighted by molar-refractivity contribution is 6.48. The van der Waals surface area contributed by atoms with Crippen LogP contribution in [0.5, 0.6) is 5.75 Å². The Kier molecular flexibility index (Phi) is 6.41. The third-order valence-corrected chi connectivity index (χ3v) is 6.00. The van der Waals surface area contributed by atoms with Gasteiger partial charge in [-0.2, -0.15) is 0 Å². The molecule has 1 fully saturated rings. The van der Waals surface area contributed by atoms with Crippen molar-refractivity contribution in [1.29, 1.82) is 0 Å². The molecule has 1 saturated carbocycles. The lowest BCUT2D eigenvalue weighted by atomic mass is 9.94. The van der Waals surface area contributed by atoms with Crippen molar-refractivity contribution in [2.75, 3.05) is 5.32 Å². The van der Waals surface area contributed by atoms with E-state index in [1.165, 1.54) is 41.3 Å². The molecule has 0 atom stereocenters. The van der Waals surface area contributed by atoms with E-state index in [0.29, 0.717) is 5.69 Å². The number of nitrogens with zero attached hydrogens (tertiary/aromatic N) is 2. The Bertz CT molecular complexity index is 1140. The van der Waals surface area contributed by atoms with E-state index in [1.54, 1.807) is 12.1 Å². The topological polar surface area (TPSA) is 119 Å². The minimum Gasteiger partial charge on any atom is -0.423 e. The van der Waals surface area contributed by atoms with Crippen LogP contribution in [0, 0.1) is 10.1 Å². The van der Waals surface area contributed by atoms with Gasteiger partial charge in [0.15, 0.2) is 0 Å². The van der Waals surface area contributed by atoms with Crippen molar-refractivity contribution in [1.82, 2.24) is 4.90 Å². The summed E-state index contributed by atoms with van der Waals surface area (Å²) < 4.78 is 5.22. The molecule has 0 spiro atoms. The lowest BCUT2D eigenvalue weighted by molar-refractivity contribution is -0.384. The molecule has 0 saturated heterocycles. The van der Waals surface area contributed by atoms with Gasteiger partial charge in [0.1, 0.15) is 16.5 Å². The minimum absolute atomic E-state index is 0.0217. The van der Waals surface area contributed by atoms with Crippen LogP contribution in [0.3, 0.4) is 0 Å². The average Bonchev–Trinajstić information content (AvgIpc) is 3.03. The van der Waals surface area contributed by atoms with Crippen LogP contribution in [-0.4, -0.2) is 33.6 Å². The van der Waals surface area contributed by atoms with Crippen LogP contribution < -0.4 is 10.1 Å². The molecule has 0 bridgehead atoms. The molecule has 2 aromatic carbocycles. The third-order valence-electron chi connectivity index (χ3n) is 5.65. The van der Waals surface area contributed by atoms with Crippen LogP contribution in [-0.2, 0) is 9.59 Å². The van der Waals surface area contributed by atoms with Crippen LogP contribution in [0.15, 0.2) is 59.3 Å². The van der Waals surface area contributed by atoms with Gasteiger partial charge in [0.05, 0.1) is 10.5 Å². The fourth-order valence-electron chi connectivity index (χ4n) is 3.93. The van der Waals surface area contributed by atoms with Gasteiger partial charge in [-0.15, -0.1) is 0 Å². The fraction of sp³-hybridized carbons (Fsp3) is 0.261. The Morgan fingerprint density at radius 3 is 2.24 bits per heavy atom. The summed E-state index contributed by atoms with van der Waals surface area (Å²) in [4.78, 5) is 49.2. The molecule has 1 heterocycles. The van der Waals surface area contributed by atoms with Crippen LogP contribution >= 0.6 is 11.6 Å². The molecule has 0 aromatic heterocycles. The normalized spacial score (nSPS) is 16.8. The number of benzene rings is 2. The second-order valence-corrected chi connectivity index (χ2v) is 8.18. The fourth-order valence-corrected chi connectivity index (χ4v) is 4.15. The van der Waals surface area contributed by atoms with E-state index in [4.69, 9.17) is 16.3 Å². The van der Waals surface area contributed by atoms with Crippen LogP contribution in [0.1, 0.15) is 42.5 Å². The Morgan fingerprint density at radius 1 is 1.00 bits per heavy atom. The number of rotatable bonds is 6. The number of carbonyl (C=O) groups is 3. The van der Waals surface area contributed by atoms with Gasteiger partial charge >= 0.3 is 5.97 Å². The number of halogens is 1. The molecule has 1 aliphatic heterocycles. The van der Waals surface area contributed by atoms with Gasteiger partial charge in [-0.3, -0.25) is 24.6 Å². The van der Waals surface area contributed by atoms with E-state index < -0.39 is 22.7 Å². The van der Waals surface area contributed by atoms with Crippen molar-refractivity contribution in [2.24, 2.45) is 0 Å². The number of hydrogen-bond acceptors (Lipinski definition) is 7. The number of nitrogens with one attached hydrogen (secondary N) is 1. The summed E-state index contributed by atoms with van der Waals surface area (Å²) in [6, 6.07) is 11.1. The van der Waals surface area contributed by atoms with Crippen LogP contribution in [0.25, 0.3) is 0 Å². The van der Waals surface area contributed by atoms with Crippen molar-refractivity contribution < 1.29 is 24.0 Å². The van der Waals surface area contributed by atoms with Crippen LogP contribution in [0.4, 0.5) is 11.4 Å². The zero-order valence-electron chi connectivity index (χ0n) is 17.5. The van der Waals surface area contributed by atoms with Crippen molar-refractivity contribution in [3.8, 4) is 5.75 Å². The molecule has 4 rings (SSSR count). The molecule has 2 amide bonds. The number of imide groups is 1. The first-order valence-corrected chi connectivity index (χ1v) is 10.8. The Hall–Kier alpha value is -3.72. The molecular formula is C23H20ClN3O6. The van der Waals surface area contributed by atoms with Crippen LogP contribution in [0.2, 0.25) is 0 Å². The molecule has 0 radical (unpaired) electrons. The van der Waals surface area contributed by atoms with E-state index in [1.807, 2.05) is 0 Å². The van der Waals surface area contributed by atoms with E-state index in [2.05, 4.69) is 5.32 Å². The van der Waals surface area contributed by atoms with Gasteiger partial charge < -0.3 is 10.1 Å². The number of amides is 2. The molecule has 9 nitrogen and oxygen atoms in total. The Labute approximate surface area is 194 Å². The summed E-state index contributed by atoms with van der Waals surface area (Å²) in [5.74, 6) is -1.41. The predicted octanol–water partition coefficient (Wildman–Crippen LogP) is 4.38. The first kappa shape index (κ1) is 22.5. The number of carbonyl (C=O) groups excluding carboxylic acids is 3. The maximum absolute atomic E-state index is 12.9. The van der Waals surface area contributed by atoms with Gasteiger partial charge in [0.2, 0.25) is 0 Å². The summed E-state index contributed by atoms with van der Waals surface area (Å²) in [6.45, 7) is 0. The molecule has 2 aliphatic rings. The number of nitro groups is 1.